The Morgan fingerprint density at radius 3 is 2.80 bits per heavy atom. The fourth-order valence-electron chi connectivity index (χ4n) is 4.12. The van der Waals surface area contributed by atoms with Gasteiger partial charge in [0.15, 0.2) is 0 Å². The van der Waals surface area contributed by atoms with Crippen LogP contribution in [0.3, 0.4) is 0 Å². The Morgan fingerprint density at radius 2 is 2.09 bits per heavy atom. The van der Waals surface area contributed by atoms with Crippen molar-refractivity contribution in [2.75, 3.05) is 26.4 Å². The zero-order valence-electron chi connectivity index (χ0n) is 20.3. The lowest BCUT2D eigenvalue weighted by molar-refractivity contribution is 0.241. The molecule has 1 atom stereocenters. The first-order valence-electron chi connectivity index (χ1n) is 11.5. The molecule has 0 saturated heterocycles. The van der Waals surface area contributed by atoms with Crippen LogP contribution in [-0.4, -0.2) is 56.0 Å². The number of hydrogen-bond donors (Lipinski definition) is 1. The molecular formula is C25H29N5O4S. The number of aromatic nitrogens is 2. The summed E-state index contributed by atoms with van der Waals surface area (Å²) in [5.74, 6) is 1.27. The van der Waals surface area contributed by atoms with Gasteiger partial charge in [-0.15, -0.1) is 0 Å². The summed E-state index contributed by atoms with van der Waals surface area (Å²) in [7, 11) is 0.288. The van der Waals surface area contributed by atoms with Gasteiger partial charge in [0.2, 0.25) is 15.8 Å². The summed E-state index contributed by atoms with van der Waals surface area (Å²) in [4.78, 5) is 6.42. The summed E-state index contributed by atoms with van der Waals surface area (Å²) < 4.78 is 39.1. The van der Waals surface area contributed by atoms with E-state index < -0.39 is 10.0 Å². The van der Waals surface area contributed by atoms with Crippen molar-refractivity contribution in [2.24, 2.45) is 0 Å². The van der Waals surface area contributed by atoms with E-state index in [1.165, 1.54) is 0 Å². The van der Waals surface area contributed by atoms with Gasteiger partial charge in [-0.2, -0.15) is 10.2 Å². The normalized spacial score (nSPS) is 15.4. The fraction of sp³-hybridized carbons (Fsp3) is 0.400. The van der Waals surface area contributed by atoms with Crippen molar-refractivity contribution in [3.63, 3.8) is 0 Å². The molecule has 0 aliphatic heterocycles. The number of hydrogen-bond acceptors (Lipinski definition) is 8. The van der Waals surface area contributed by atoms with Gasteiger partial charge in [0.25, 0.3) is 5.89 Å². The largest absolute Gasteiger partial charge is 0.490 e. The third kappa shape index (κ3) is 5.70. The molecular weight excluding hydrogens is 466 g/mol. The highest BCUT2D eigenvalue weighted by Crippen LogP contribution is 2.38. The smallest absolute Gasteiger partial charge is 0.258 e. The number of rotatable bonds is 9. The molecule has 0 bridgehead atoms. The molecule has 1 aliphatic carbocycles. The third-order valence-corrected chi connectivity index (χ3v) is 7.14. The molecule has 0 fully saturated rings. The lowest BCUT2D eigenvalue weighted by atomic mass is 10.0. The van der Waals surface area contributed by atoms with Crippen molar-refractivity contribution in [3.05, 3.63) is 53.1 Å². The van der Waals surface area contributed by atoms with Gasteiger partial charge in [0, 0.05) is 23.7 Å². The van der Waals surface area contributed by atoms with Crippen molar-refractivity contribution in [3.8, 4) is 34.7 Å². The first kappa shape index (κ1) is 24.9. The van der Waals surface area contributed by atoms with Crippen LogP contribution in [0.4, 0.5) is 0 Å². The van der Waals surface area contributed by atoms with E-state index >= 15 is 0 Å². The average molecular weight is 496 g/mol. The maximum absolute atomic E-state index is 12.5. The van der Waals surface area contributed by atoms with Gasteiger partial charge in [-0.3, -0.25) is 0 Å². The van der Waals surface area contributed by atoms with Crippen LogP contribution in [-0.2, 0) is 16.4 Å². The minimum absolute atomic E-state index is 0.0470. The number of ether oxygens (including phenoxy) is 1. The topological polar surface area (TPSA) is 121 Å². The van der Waals surface area contributed by atoms with Crippen molar-refractivity contribution in [1.29, 1.82) is 5.26 Å². The van der Waals surface area contributed by atoms with Crippen LogP contribution in [0.5, 0.6) is 5.75 Å². The molecule has 1 heterocycles. The van der Waals surface area contributed by atoms with Gasteiger partial charge >= 0.3 is 0 Å². The van der Waals surface area contributed by atoms with Crippen LogP contribution in [0.1, 0.15) is 43.0 Å². The number of sulfonamides is 1. The number of benzene rings is 2. The quantitative estimate of drug-likeness (QED) is 0.478. The molecule has 4 rings (SSSR count). The first-order chi connectivity index (χ1) is 16.7. The van der Waals surface area contributed by atoms with Crippen LogP contribution in [0.2, 0.25) is 0 Å². The van der Waals surface area contributed by atoms with Crippen LogP contribution in [0.15, 0.2) is 40.9 Å². The van der Waals surface area contributed by atoms with Crippen molar-refractivity contribution >= 4 is 10.0 Å². The molecule has 1 aromatic heterocycles. The Morgan fingerprint density at radius 1 is 1.29 bits per heavy atom. The van der Waals surface area contributed by atoms with E-state index in [1.807, 2.05) is 51.0 Å². The van der Waals surface area contributed by atoms with E-state index in [2.05, 4.69) is 20.9 Å². The minimum Gasteiger partial charge on any atom is -0.490 e. The van der Waals surface area contributed by atoms with E-state index in [4.69, 9.17) is 9.26 Å². The van der Waals surface area contributed by atoms with Gasteiger partial charge in [-0.25, -0.2) is 13.1 Å². The molecule has 0 saturated carbocycles. The summed E-state index contributed by atoms with van der Waals surface area (Å²) >= 11 is 0. The predicted molar refractivity (Wildman–Crippen MR) is 132 cm³/mol. The third-order valence-electron chi connectivity index (χ3n) is 5.78. The SMILES string of the molecule is CC(C)Oc1ccc(-c2nc(-c3cccc4c3CC[C@H]4NS(=O)(=O)CCN(C)C)no2)cc1C#N. The highest BCUT2D eigenvalue weighted by molar-refractivity contribution is 7.89. The standard InChI is InChI=1S/C25H29N5O4S/c1-16(2)33-23-11-8-17(14-18(23)15-26)25-27-24(28-34-25)21-7-5-6-20-19(21)9-10-22(20)29-35(31,32)13-12-30(3)4/h5-8,11,14,16,22,29H,9-10,12-13H2,1-4H3/t22-/m1/s1. The molecule has 0 amide bonds. The van der Waals surface area contributed by atoms with Crippen molar-refractivity contribution in [1.82, 2.24) is 19.8 Å². The molecule has 0 radical (unpaired) electrons. The number of nitriles is 1. The summed E-state index contributed by atoms with van der Waals surface area (Å²) in [6, 6.07) is 12.8. The van der Waals surface area contributed by atoms with Gasteiger partial charge < -0.3 is 14.2 Å². The highest BCUT2D eigenvalue weighted by Gasteiger charge is 2.29. The number of fused-ring (bicyclic) bond motifs is 1. The molecule has 184 valence electrons. The van der Waals surface area contributed by atoms with E-state index in [9.17, 15) is 13.7 Å². The lowest BCUT2D eigenvalue weighted by Crippen LogP contribution is -2.33. The predicted octanol–water partition coefficient (Wildman–Crippen LogP) is 3.53. The number of nitrogens with one attached hydrogen (secondary N) is 1. The lowest BCUT2D eigenvalue weighted by Gasteiger charge is -2.16. The highest BCUT2D eigenvalue weighted by atomic mass is 32.2. The summed E-state index contributed by atoms with van der Waals surface area (Å²) in [6.45, 7) is 4.26. The maximum Gasteiger partial charge on any atom is 0.258 e. The van der Waals surface area contributed by atoms with E-state index in [1.54, 1.807) is 18.2 Å². The Kier molecular flexibility index (Phi) is 7.21. The maximum atomic E-state index is 12.5. The van der Waals surface area contributed by atoms with Crippen LogP contribution >= 0.6 is 0 Å². The molecule has 9 nitrogen and oxygen atoms in total. The molecule has 1 aliphatic rings. The second-order valence-electron chi connectivity index (χ2n) is 9.12. The molecule has 3 aromatic rings. The molecule has 35 heavy (non-hydrogen) atoms. The second kappa shape index (κ2) is 10.2. The van der Waals surface area contributed by atoms with Crippen LogP contribution in [0.25, 0.3) is 22.8 Å². The van der Waals surface area contributed by atoms with Gasteiger partial charge in [0.1, 0.15) is 11.8 Å². The Labute approximate surface area is 205 Å². The van der Waals surface area contributed by atoms with Gasteiger partial charge in [-0.05, 0) is 70.1 Å². The summed E-state index contributed by atoms with van der Waals surface area (Å²) in [5.41, 5.74) is 3.77. The zero-order valence-corrected chi connectivity index (χ0v) is 21.1. The number of nitrogens with zero attached hydrogens (tertiary/aromatic N) is 4. The summed E-state index contributed by atoms with van der Waals surface area (Å²) in [5, 5.41) is 13.7. The second-order valence-corrected chi connectivity index (χ2v) is 11.0. The fourth-order valence-corrected chi connectivity index (χ4v) is 5.52. The summed E-state index contributed by atoms with van der Waals surface area (Å²) in [6.07, 6.45) is 1.32. The molecule has 0 unspecified atom stereocenters. The Hall–Kier alpha value is -3.26. The van der Waals surface area contributed by atoms with Gasteiger partial charge in [-0.1, -0.05) is 23.4 Å². The molecule has 1 N–H and O–H groups in total. The first-order valence-corrected chi connectivity index (χ1v) is 13.1. The van der Waals surface area contributed by atoms with Crippen molar-refractivity contribution in [2.45, 2.75) is 38.8 Å². The van der Waals surface area contributed by atoms with Crippen LogP contribution < -0.4 is 9.46 Å². The van der Waals surface area contributed by atoms with E-state index in [-0.39, 0.29) is 17.9 Å². The van der Waals surface area contributed by atoms with Crippen LogP contribution in [0, 0.1) is 11.3 Å². The average Bonchev–Trinajstić information content (AvgIpc) is 3.45. The molecule has 2 aromatic carbocycles. The Bertz CT molecular complexity index is 1360. The van der Waals surface area contributed by atoms with E-state index in [0.29, 0.717) is 48.0 Å². The van der Waals surface area contributed by atoms with E-state index in [0.717, 1.165) is 16.7 Å². The zero-order chi connectivity index (χ0) is 25.2. The Balaban J connectivity index is 1.58. The molecule has 0 spiro atoms. The molecule has 10 heteroatoms. The monoisotopic (exact) mass is 495 g/mol. The minimum atomic E-state index is -3.41. The van der Waals surface area contributed by atoms with Crippen molar-refractivity contribution < 1.29 is 17.7 Å². The van der Waals surface area contributed by atoms with Gasteiger partial charge in [0.05, 0.1) is 17.4 Å².